The molecule has 0 N–H and O–H groups in total. The summed E-state index contributed by atoms with van der Waals surface area (Å²) in [6.07, 6.45) is 0. The molecule has 10 aromatic rings. The first kappa shape index (κ1) is 31.1. The van der Waals surface area contributed by atoms with Gasteiger partial charge in [0.1, 0.15) is 0 Å². The van der Waals surface area contributed by atoms with Crippen molar-refractivity contribution in [3.05, 3.63) is 199 Å². The van der Waals surface area contributed by atoms with Crippen molar-refractivity contribution < 1.29 is 0 Å². The van der Waals surface area contributed by atoms with Crippen LogP contribution in [0.25, 0.3) is 93.2 Å². The predicted molar refractivity (Wildman–Crippen MR) is 222 cm³/mol. The highest BCUT2D eigenvalue weighted by Gasteiger charge is 2.18. The second-order valence-corrected chi connectivity index (χ2v) is 13.6. The molecule has 4 heteroatoms. The molecular formula is C50H30N4. The fourth-order valence-corrected chi connectivity index (χ4v) is 8.00. The number of aromatic nitrogens is 2. The monoisotopic (exact) mass is 686 g/mol. The van der Waals surface area contributed by atoms with Crippen LogP contribution in [0.3, 0.4) is 0 Å². The van der Waals surface area contributed by atoms with Gasteiger partial charge >= 0.3 is 0 Å². The smallest absolute Gasteiger partial charge is 0.188 e. The lowest BCUT2D eigenvalue weighted by Gasteiger charge is -2.14. The topological polar surface area (TPSA) is 38.0 Å². The molecule has 250 valence electrons. The van der Waals surface area contributed by atoms with Gasteiger partial charge in [-0.2, -0.15) is 5.26 Å². The van der Waals surface area contributed by atoms with E-state index < -0.39 is 0 Å². The van der Waals surface area contributed by atoms with Gasteiger partial charge in [-0.1, -0.05) is 97.1 Å². The molecule has 0 atom stereocenters. The van der Waals surface area contributed by atoms with Gasteiger partial charge in [0.25, 0.3) is 0 Å². The summed E-state index contributed by atoms with van der Waals surface area (Å²) in [5.41, 5.74) is 14.4. The third-order valence-electron chi connectivity index (χ3n) is 10.5. The van der Waals surface area contributed by atoms with Crippen LogP contribution in [-0.2, 0) is 0 Å². The normalized spacial score (nSPS) is 11.3. The van der Waals surface area contributed by atoms with Crippen LogP contribution in [0.2, 0.25) is 0 Å². The lowest BCUT2D eigenvalue weighted by molar-refractivity contribution is 1.18. The standard InChI is InChI=1S/C50H30N4/c1-52-40-20-24-50-46(31-40)45-30-37(36-18-22-48-44(29-36)43-25-33(32-51)17-21-47(43)53(48)41-15-9-4-10-16-41)19-23-49(45)54(50)42-27-38(34-11-5-2-6-12-34)26-39(28-42)35-13-7-3-8-14-35/h2-31H. The van der Waals surface area contributed by atoms with E-state index in [0.717, 1.165) is 88.4 Å². The Hall–Kier alpha value is -7.66. The van der Waals surface area contributed by atoms with Crippen LogP contribution in [-0.4, -0.2) is 9.13 Å². The Bertz CT molecular complexity index is 3100. The second-order valence-electron chi connectivity index (χ2n) is 13.6. The zero-order valence-electron chi connectivity index (χ0n) is 29.1. The maximum atomic E-state index is 9.80. The van der Waals surface area contributed by atoms with Crippen molar-refractivity contribution in [2.45, 2.75) is 0 Å². The van der Waals surface area contributed by atoms with Crippen LogP contribution >= 0.6 is 0 Å². The molecule has 0 aliphatic heterocycles. The van der Waals surface area contributed by atoms with E-state index in [-0.39, 0.29) is 0 Å². The van der Waals surface area contributed by atoms with Crippen LogP contribution in [0.1, 0.15) is 5.56 Å². The molecule has 0 aliphatic carbocycles. The zero-order chi connectivity index (χ0) is 36.2. The van der Waals surface area contributed by atoms with Gasteiger partial charge in [0, 0.05) is 27.5 Å². The van der Waals surface area contributed by atoms with Crippen LogP contribution < -0.4 is 0 Å². The molecule has 0 fully saturated rings. The second kappa shape index (κ2) is 12.5. The first-order valence-electron chi connectivity index (χ1n) is 17.9. The quantitative estimate of drug-likeness (QED) is 0.166. The lowest BCUT2D eigenvalue weighted by atomic mass is 9.98. The minimum atomic E-state index is 0.610. The summed E-state index contributed by atoms with van der Waals surface area (Å²) in [5, 5.41) is 14.1. The third kappa shape index (κ3) is 5.06. The van der Waals surface area contributed by atoms with E-state index >= 15 is 0 Å². The molecule has 0 unspecified atom stereocenters. The number of nitriles is 1. The SMILES string of the molecule is [C-]#[N+]c1ccc2c(c1)c1cc(-c3ccc4c(c3)c3cc(C#N)ccc3n4-c3ccccc3)ccc1n2-c1cc(-c2ccccc2)cc(-c2ccccc2)c1. The Balaban J connectivity index is 1.20. The van der Waals surface area contributed by atoms with Crippen molar-refractivity contribution in [3.63, 3.8) is 0 Å². The minimum absolute atomic E-state index is 0.610. The maximum absolute atomic E-state index is 9.80. The molecule has 10 rings (SSSR count). The average molecular weight is 687 g/mol. The van der Waals surface area contributed by atoms with Gasteiger partial charge in [0.15, 0.2) is 5.69 Å². The molecule has 2 heterocycles. The van der Waals surface area contributed by atoms with Crippen LogP contribution in [0, 0.1) is 17.9 Å². The van der Waals surface area contributed by atoms with Crippen molar-refractivity contribution in [2.75, 3.05) is 0 Å². The summed E-state index contributed by atoms with van der Waals surface area (Å²) in [4.78, 5) is 3.82. The number of rotatable bonds is 5. The molecule has 0 saturated carbocycles. The predicted octanol–water partition coefficient (Wildman–Crippen LogP) is 13.3. The Morgan fingerprint density at radius 3 is 1.39 bits per heavy atom. The number of fused-ring (bicyclic) bond motifs is 6. The van der Waals surface area contributed by atoms with Crippen molar-refractivity contribution in [1.82, 2.24) is 9.13 Å². The first-order valence-corrected chi connectivity index (χ1v) is 17.9. The molecule has 54 heavy (non-hydrogen) atoms. The largest absolute Gasteiger partial charge is 0.309 e. The van der Waals surface area contributed by atoms with Gasteiger partial charge < -0.3 is 9.13 Å². The number of benzene rings is 8. The van der Waals surface area contributed by atoms with Gasteiger partial charge in [-0.15, -0.1) is 0 Å². The number of nitrogens with zero attached hydrogens (tertiary/aromatic N) is 4. The minimum Gasteiger partial charge on any atom is -0.309 e. The van der Waals surface area contributed by atoms with Gasteiger partial charge in [-0.25, -0.2) is 4.85 Å². The van der Waals surface area contributed by atoms with E-state index in [1.807, 2.05) is 48.5 Å². The Labute approximate surface area is 312 Å². The highest BCUT2D eigenvalue weighted by Crippen LogP contribution is 2.41. The Kier molecular flexibility index (Phi) is 7.22. The van der Waals surface area contributed by atoms with Gasteiger partial charge in [-0.05, 0) is 124 Å². The van der Waals surface area contributed by atoms with Gasteiger partial charge in [0.05, 0.1) is 40.3 Å². The highest BCUT2D eigenvalue weighted by molar-refractivity contribution is 6.13. The number of hydrogen-bond acceptors (Lipinski definition) is 1. The summed E-state index contributed by atoms with van der Waals surface area (Å²) in [6, 6.07) is 65.8. The molecule has 4 nitrogen and oxygen atoms in total. The van der Waals surface area contributed by atoms with Gasteiger partial charge in [-0.3, -0.25) is 0 Å². The molecule has 8 aromatic carbocycles. The number of hydrogen-bond donors (Lipinski definition) is 0. The molecule has 0 radical (unpaired) electrons. The molecule has 0 spiro atoms. The van der Waals surface area contributed by atoms with E-state index in [1.54, 1.807) is 0 Å². The molecular weight excluding hydrogens is 657 g/mol. The fraction of sp³-hybridized carbons (Fsp3) is 0. The Morgan fingerprint density at radius 1 is 0.389 bits per heavy atom. The Morgan fingerprint density at radius 2 is 0.852 bits per heavy atom. The molecule has 0 bridgehead atoms. The summed E-state index contributed by atoms with van der Waals surface area (Å²) < 4.78 is 4.60. The third-order valence-corrected chi connectivity index (χ3v) is 10.5. The van der Waals surface area contributed by atoms with Crippen molar-refractivity contribution >= 4 is 49.3 Å². The summed E-state index contributed by atoms with van der Waals surface area (Å²) >= 11 is 0. The first-order chi connectivity index (χ1) is 26.7. The van der Waals surface area contributed by atoms with Crippen molar-refractivity contribution in [3.8, 4) is 50.8 Å². The molecule has 2 aromatic heterocycles. The summed E-state index contributed by atoms with van der Waals surface area (Å²) in [5.74, 6) is 0. The van der Waals surface area contributed by atoms with E-state index in [9.17, 15) is 5.26 Å². The van der Waals surface area contributed by atoms with Gasteiger partial charge in [0.2, 0.25) is 0 Å². The van der Waals surface area contributed by atoms with E-state index in [2.05, 4.69) is 154 Å². The summed E-state index contributed by atoms with van der Waals surface area (Å²) in [7, 11) is 0. The van der Waals surface area contributed by atoms with E-state index in [4.69, 9.17) is 6.57 Å². The maximum Gasteiger partial charge on any atom is 0.188 e. The summed E-state index contributed by atoms with van der Waals surface area (Å²) in [6.45, 7) is 7.85. The molecule has 0 amide bonds. The van der Waals surface area contributed by atoms with Crippen molar-refractivity contribution in [1.29, 1.82) is 5.26 Å². The fourth-order valence-electron chi connectivity index (χ4n) is 8.00. The van der Waals surface area contributed by atoms with Crippen LogP contribution in [0.4, 0.5) is 5.69 Å². The lowest BCUT2D eigenvalue weighted by Crippen LogP contribution is -1.96. The highest BCUT2D eigenvalue weighted by atomic mass is 15.0. The van der Waals surface area contributed by atoms with Crippen LogP contribution in [0.5, 0.6) is 0 Å². The molecule has 0 saturated heterocycles. The molecule has 0 aliphatic rings. The number of para-hydroxylation sites is 1. The zero-order valence-corrected chi connectivity index (χ0v) is 29.1. The van der Waals surface area contributed by atoms with E-state index in [1.165, 1.54) is 0 Å². The average Bonchev–Trinajstić information content (AvgIpc) is 3.75. The van der Waals surface area contributed by atoms with Crippen LogP contribution in [0.15, 0.2) is 182 Å². The van der Waals surface area contributed by atoms with E-state index in [0.29, 0.717) is 11.3 Å². The van der Waals surface area contributed by atoms with Crippen molar-refractivity contribution in [2.24, 2.45) is 0 Å².